The van der Waals surface area contributed by atoms with Gasteiger partial charge >= 0.3 is 0 Å². The molecule has 0 bridgehead atoms. The maximum atomic E-state index is 12.5. The molecule has 2 N–H and O–H groups in total. The first-order valence-corrected chi connectivity index (χ1v) is 9.61. The molecule has 0 spiro atoms. The van der Waals surface area contributed by atoms with Crippen LogP contribution in [0.3, 0.4) is 0 Å². The van der Waals surface area contributed by atoms with Gasteiger partial charge in [0.2, 0.25) is 0 Å². The third-order valence-electron chi connectivity index (χ3n) is 5.65. The minimum atomic E-state index is -0.250. The Morgan fingerprint density at radius 3 is 2.48 bits per heavy atom. The summed E-state index contributed by atoms with van der Waals surface area (Å²) in [6.07, 6.45) is 5.86. The summed E-state index contributed by atoms with van der Waals surface area (Å²) in [6, 6.07) is 2.11. The average Bonchev–Trinajstić information content (AvgIpc) is 3.34. The SMILES string of the molecule is O=C(c1ccns1)N1C[C@H]2C[C@@H](N3CCCC3)[C@H](O)C[C@H]2C1.O=CO. The van der Waals surface area contributed by atoms with Crippen LogP contribution in [0.2, 0.25) is 0 Å². The van der Waals surface area contributed by atoms with Crippen molar-refractivity contribution in [3.63, 3.8) is 0 Å². The summed E-state index contributed by atoms with van der Waals surface area (Å²) in [5.41, 5.74) is 0. The summed E-state index contributed by atoms with van der Waals surface area (Å²) in [5, 5.41) is 17.4. The van der Waals surface area contributed by atoms with Gasteiger partial charge in [0.15, 0.2) is 0 Å². The molecule has 4 rings (SSSR count). The molecule has 0 aromatic carbocycles. The molecular formula is C17H25N3O4S. The minimum absolute atomic E-state index is 0.115. The second kappa shape index (κ2) is 8.25. The van der Waals surface area contributed by atoms with Gasteiger partial charge in [0.25, 0.3) is 12.4 Å². The molecule has 1 aromatic rings. The van der Waals surface area contributed by atoms with Crippen LogP contribution in [0.1, 0.15) is 35.4 Å². The Kier molecular flexibility index (Phi) is 6.03. The molecule has 2 saturated heterocycles. The van der Waals surface area contributed by atoms with Crippen molar-refractivity contribution in [3.05, 3.63) is 17.1 Å². The number of aliphatic hydroxyl groups excluding tert-OH is 1. The van der Waals surface area contributed by atoms with Gasteiger partial charge in [-0.3, -0.25) is 14.5 Å². The van der Waals surface area contributed by atoms with Gasteiger partial charge in [0, 0.05) is 25.3 Å². The Labute approximate surface area is 151 Å². The van der Waals surface area contributed by atoms with Crippen LogP contribution < -0.4 is 0 Å². The van der Waals surface area contributed by atoms with Crippen LogP contribution in [0.15, 0.2) is 12.3 Å². The number of nitrogens with zero attached hydrogens (tertiary/aromatic N) is 3. The van der Waals surface area contributed by atoms with Gasteiger partial charge in [-0.25, -0.2) is 4.37 Å². The zero-order valence-corrected chi connectivity index (χ0v) is 15.0. The van der Waals surface area contributed by atoms with E-state index in [-0.39, 0.29) is 18.5 Å². The first kappa shape index (κ1) is 18.3. The number of amides is 1. The van der Waals surface area contributed by atoms with Crippen molar-refractivity contribution in [1.29, 1.82) is 0 Å². The number of hydrogen-bond acceptors (Lipinski definition) is 6. The highest BCUT2D eigenvalue weighted by molar-refractivity contribution is 7.08. The average molecular weight is 367 g/mol. The van der Waals surface area contributed by atoms with Crippen molar-refractivity contribution in [1.82, 2.24) is 14.2 Å². The summed E-state index contributed by atoms with van der Waals surface area (Å²) in [7, 11) is 0. The summed E-state index contributed by atoms with van der Waals surface area (Å²) in [6.45, 7) is 3.65. The maximum absolute atomic E-state index is 12.5. The summed E-state index contributed by atoms with van der Waals surface area (Å²) in [5.74, 6) is 1.13. The lowest BCUT2D eigenvalue weighted by Gasteiger charge is -2.40. The molecule has 25 heavy (non-hydrogen) atoms. The smallest absolute Gasteiger partial charge is 0.290 e. The van der Waals surface area contributed by atoms with Crippen LogP contribution in [0.4, 0.5) is 0 Å². The molecule has 3 fully saturated rings. The fourth-order valence-electron chi connectivity index (χ4n) is 4.52. The number of hydrogen-bond donors (Lipinski definition) is 2. The maximum Gasteiger partial charge on any atom is 0.290 e. The van der Waals surface area contributed by atoms with Crippen LogP contribution >= 0.6 is 11.5 Å². The van der Waals surface area contributed by atoms with E-state index in [1.807, 2.05) is 4.90 Å². The van der Waals surface area contributed by atoms with E-state index < -0.39 is 0 Å². The fraction of sp³-hybridized carbons (Fsp3) is 0.706. The molecule has 8 heteroatoms. The molecule has 1 aliphatic carbocycles. The zero-order chi connectivity index (χ0) is 17.8. The van der Waals surface area contributed by atoms with E-state index >= 15 is 0 Å². The monoisotopic (exact) mass is 367 g/mol. The molecule has 2 aliphatic heterocycles. The van der Waals surface area contributed by atoms with Gasteiger partial charge in [-0.05, 0) is 68.2 Å². The number of likely N-dealkylation sites (tertiary alicyclic amines) is 2. The van der Waals surface area contributed by atoms with E-state index in [4.69, 9.17) is 9.90 Å². The molecule has 3 aliphatic rings. The van der Waals surface area contributed by atoms with E-state index in [0.717, 1.165) is 43.9 Å². The molecule has 7 nitrogen and oxygen atoms in total. The van der Waals surface area contributed by atoms with Crippen LogP contribution in [-0.2, 0) is 4.79 Å². The lowest BCUT2D eigenvalue weighted by atomic mass is 9.77. The third-order valence-corrected chi connectivity index (χ3v) is 6.39. The Balaban J connectivity index is 0.000000569. The number of aliphatic hydroxyl groups is 1. The Hall–Kier alpha value is -1.51. The van der Waals surface area contributed by atoms with Crippen LogP contribution in [-0.4, -0.2) is 75.1 Å². The van der Waals surface area contributed by atoms with Crippen molar-refractivity contribution in [2.45, 2.75) is 37.8 Å². The van der Waals surface area contributed by atoms with Crippen molar-refractivity contribution in [2.75, 3.05) is 26.2 Å². The third kappa shape index (κ3) is 4.02. The van der Waals surface area contributed by atoms with E-state index in [1.54, 1.807) is 12.3 Å². The van der Waals surface area contributed by atoms with E-state index in [2.05, 4.69) is 9.27 Å². The highest BCUT2D eigenvalue weighted by Gasteiger charge is 2.45. The first-order valence-electron chi connectivity index (χ1n) is 8.84. The predicted octanol–water partition coefficient (Wildman–Crippen LogP) is 1.15. The van der Waals surface area contributed by atoms with Gasteiger partial charge in [0.05, 0.1) is 6.10 Å². The number of fused-ring (bicyclic) bond motifs is 1. The molecule has 1 aromatic heterocycles. The highest BCUT2D eigenvalue weighted by atomic mass is 32.1. The topological polar surface area (TPSA) is 94.0 Å². The summed E-state index contributed by atoms with van der Waals surface area (Å²) in [4.78, 5) is 26.0. The van der Waals surface area contributed by atoms with Gasteiger partial charge in [-0.15, -0.1) is 0 Å². The Morgan fingerprint density at radius 2 is 1.88 bits per heavy atom. The Morgan fingerprint density at radius 1 is 1.24 bits per heavy atom. The quantitative estimate of drug-likeness (QED) is 0.762. The highest BCUT2D eigenvalue weighted by Crippen LogP contribution is 2.39. The largest absolute Gasteiger partial charge is 0.483 e. The van der Waals surface area contributed by atoms with Gasteiger partial charge < -0.3 is 15.1 Å². The van der Waals surface area contributed by atoms with Crippen LogP contribution in [0, 0.1) is 11.8 Å². The van der Waals surface area contributed by atoms with Crippen molar-refractivity contribution < 1.29 is 19.8 Å². The number of aromatic nitrogens is 1. The molecule has 1 saturated carbocycles. The van der Waals surface area contributed by atoms with Crippen molar-refractivity contribution in [2.24, 2.45) is 11.8 Å². The number of carbonyl (C=O) groups excluding carboxylic acids is 1. The molecule has 4 atom stereocenters. The lowest BCUT2D eigenvalue weighted by molar-refractivity contribution is -0.122. The standard InChI is InChI=1S/C16H23N3O2S.CH2O2/c20-14-8-12-10-19(16(21)15-3-4-17-22-15)9-11(12)7-13(14)18-5-1-2-6-18;2-1-3/h3-4,11-14,20H,1-2,5-10H2;1H,(H,2,3)/t11-,12+,13-,14-;/m1./s1. The predicted molar refractivity (Wildman–Crippen MR) is 93.5 cm³/mol. The summed E-state index contributed by atoms with van der Waals surface area (Å²) < 4.78 is 4.03. The minimum Gasteiger partial charge on any atom is -0.483 e. The van der Waals surface area contributed by atoms with Gasteiger partial charge in [-0.1, -0.05) is 0 Å². The molecule has 138 valence electrons. The molecule has 3 heterocycles. The molecular weight excluding hydrogens is 342 g/mol. The molecule has 0 unspecified atom stereocenters. The fourth-order valence-corrected chi connectivity index (χ4v) is 5.08. The van der Waals surface area contributed by atoms with Crippen LogP contribution in [0.5, 0.6) is 0 Å². The van der Waals surface area contributed by atoms with Gasteiger partial charge in [0.1, 0.15) is 4.88 Å². The molecule has 0 radical (unpaired) electrons. The van der Waals surface area contributed by atoms with E-state index in [9.17, 15) is 9.90 Å². The van der Waals surface area contributed by atoms with Crippen molar-refractivity contribution >= 4 is 23.9 Å². The van der Waals surface area contributed by atoms with Gasteiger partial charge in [-0.2, -0.15) is 0 Å². The number of carboxylic acid groups (broad SMARTS) is 1. The van der Waals surface area contributed by atoms with Crippen LogP contribution in [0.25, 0.3) is 0 Å². The normalized spacial score (nSPS) is 32.0. The zero-order valence-electron chi connectivity index (χ0n) is 14.2. The summed E-state index contributed by atoms with van der Waals surface area (Å²) >= 11 is 1.27. The Bertz CT molecular complexity index is 576. The number of carbonyl (C=O) groups is 2. The van der Waals surface area contributed by atoms with E-state index in [0.29, 0.717) is 17.9 Å². The number of rotatable bonds is 2. The van der Waals surface area contributed by atoms with E-state index in [1.165, 1.54) is 24.4 Å². The lowest BCUT2D eigenvalue weighted by Crippen LogP contribution is -2.48. The second-order valence-corrected chi connectivity index (χ2v) is 7.89. The first-order chi connectivity index (χ1) is 12.1. The van der Waals surface area contributed by atoms with Crippen molar-refractivity contribution in [3.8, 4) is 0 Å². The second-order valence-electron chi connectivity index (χ2n) is 7.06. The molecule has 1 amide bonds.